The molecule has 0 radical (unpaired) electrons. The summed E-state index contributed by atoms with van der Waals surface area (Å²) >= 11 is 13.7. The summed E-state index contributed by atoms with van der Waals surface area (Å²) in [6.07, 6.45) is 2.57. The van der Waals surface area contributed by atoms with Crippen molar-refractivity contribution in [3.8, 4) is 11.1 Å². The SMILES string of the molecule is CCc1ccc(-c2csc3ncn(Cc4ccc(Cl)cc4Cl)c(=O)c23)cc1. The van der Waals surface area contributed by atoms with E-state index in [1.54, 1.807) is 23.0 Å². The van der Waals surface area contributed by atoms with E-state index in [0.29, 0.717) is 22.0 Å². The first-order chi connectivity index (χ1) is 13.1. The van der Waals surface area contributed by atoms with Gasteiger partial charge in [-0.3, -0.25) is 9.36 Å². The van der Waals surface area contributed by atoms with Crippen molar-refractivity contribution >= 4 is 44.8 Å². The van der Waals surface area contributed by atoms with Crippen molar-refractivity contribution in [3.63, 3.8) is 0 Å². The van der Waals surface area contributed by atoms with E-state index in [2.05, 4.69) is 36.2 Å². The third-order valence-corrected chi connectivity index (χ3v) is 6.06. The summed E-state index contributed by atoms with van der Waals surface area (Å²) in [4.78, 5) is 18.4. The average molecular weight is 415 g/mol. The average Bonchev–Trinajstić information content (AvgIpc) is 3.11. The van der Waals surface area contributed by atoms with E-state index in [1.807, 2.05) is 11.4 Å². The molecule has 4 rings (SSSR count). The van der Waals surface area contributed by atoms with E-state index in [0.717, 1.165) is 27.9 Å². The molecule has 0 aliphatic heterocycles. The third kappa shape index (κ3) is 3.53. The highest BCUT2D eigenvalue weighted by molar-refractivity contribution is 7.17. The van der Waals surface area contributed by atoms with Gasteiger partial charge in [0.2, 0.25) is 0 Å². The van der Waals surface area contributed by atoms with Crippen molar-refractivity contribution < 1.29 is 0 Å². The normalized spacial score (nSPS) is 11.2. The molecule has 0 fully saturated rings. The molecule has 2 aromatic heterocycles. The van der Waals surface area contributed by atoms with Crippen LogP contribution in [-0.2, 0) is 13.0 Å². The summed E-state index contributed by atoms with van der Waals surface area (Å²) < 4.78 is 1.59. The van der Waals surface area contributed by atoms with Crippen LogP contribution in [0, 0.1) is 0 Å². The number of aryl methyl sites for hydroxylation is 1. The second-order valence-electron chi connectivity index (χ2n) is 6.29. The molecule has 0 aliphatic rings. The maximum absolute atomic E-state index is 13.1. The van der Waals surface area contributed by atoms with Crippen molar-refractivity contribution in [2.45, 2.75) is 19.9 Å². The molecule has 6 heteroatoms. The summed E-state index contributed by atoms with van der Waals surface area (Å²) in [6.45, 7) is 2.47. The fourth-order valence-corrected chi connectivity index (χ4v) is 4.42. The van der Waals surface area contributed by atoms with Crippen LogP contribution in [0.4, 0.5) is 0 Å². The Hall–Kier alpha value is -2.14. The lowest BCUT2D eigenvalue weighted by molar-refractivity contribution is 0.750. The van der Waals surface area contributed by atoms with E-state index in [1.165, 1.54) is 16.9 Å². The van der Waals surface area contributed by atoms with Crippen molar-refractivity contribution in [2.24, 2.45) is 0 Å². The Kier molecular flexibility index (Phi) is 5.04. The van der Waals surface area contributed by atoms with Crippen molar-refractivity contribution in [3.05, 3.63) is 85.7 Å². The summed E-state index contributed by atoms with van der Waals surface area (Å²) in [7, 11) is 0. The first-order valence-corrected chi connectivity index (χ1v) is 10.2. The Morgan fingerprint density at radius 2 is 1.89 bits per heavy atom. The van der Waals surface area contributed by atoms with E-state index >= 15 is 0 Å². The predicted molar refractivity (Wildman–Crippen MR) is 114 cm³/mol. The highest BCUT2D eigenvalue weighted by Gasteiger charge is 2.14. The number of hydrogen-bond donors (Lipinski definition) is 0. The molecule has 4 aromatic rings. The Morgan fingerprint density at radius 3 is 2.59 bits per heavy atom. The number of hydrogen-bond acceptors (Lipinski definition) is 3. The first kappa shape index (κ1) is 18.2. The quantitative estimate of drug-likeness (QED) is 0.407. The molecule has 3 nitrogen and oxygen atoms in total. The van der Waals surface area contributed by atoms with E-state index in [4.69, 9.17) is 23.2 Å². The van der Waals surface area contributed by atoms with Gasteiger partial charge in [0, 0.05) is 21.0 Å². The number of aromatic nitrogens is 2. The Morgan fingerprint density at radius 1 is 1.11 bits per heavy atom. The van der Waals surface area contributed by atoms with E-state index < -0.39 is 0 Å². The number of fused-ring (bicyclic) bond motifs is 1. The van der Waals surface area contributed by atoms with Crippen LogP contribution in [0.3, 0.4) is 0 Å². The molecule has 0 spiro atoms. The van der Waals surface area contributed by atoms with Gasteiger partial charge in [-0.05, 0) is 35.2 Å². The van der Waals surface area contributed by atoms with Gasteiger partial charge in [0.05, 0.1) is 18.3 Å². The third-order valence-electron chi connectivity index (χ3n) is 4.59. The second kappa shape index (κ2) is 7.47. The monoisotopic (exact) mass is 414 g/mol. The molecule has 0 saturated carbocycles. The molecule has 136 valence electrons. The van der Waals surface area contributed by atoms with Gasteiger partial charge in [0.15, 0.2) is 0 Å². The first-order valence-electron chi connectivity index (χ1n) is 8.56. The summed E-state index contributed by atoms with van der Waals surface area (Å²) in [5.74, 6) is 0. The Labute approximate surface area is 170 Å². The molecular formula is C21H16Cl2N2OS. The van der Waals surface area contributed by atoms with Gasteiger partial charge >= 0.3 is 0 Å². The van der Waals surface area contributed by atoms with Crippen LogP contribution in [0.15, 0.2) is 59.0 Å². The molecule has 0 N–H and O–H groups in total. The number of nitrogens with zero attached hydrogens (tertiary/aromatic N) is 2. The smallest absolute Gasteiger partial charge is 0.263 e. The van der Waals surface area contributed by atoms with Gasteiger partial charge < -0.3 is 0 Å². The summed E-state index contributed by atoms with van der Waals surface area (Å²) in [5, 5.41) is 3.76. The van der Waals surface area contributed by atoms with Crippen molar-refractivity contribution in [1.82, 2.24) is 9.55 Å². The molecule has 0 aliphatic carbocycles. The van der Waals surface area contributed by atoms with Crippen LogP contribution in [0.1, 0.15) is 18.1 Å². The van der Waals surface area contributed by atoms with Gasteiger partial charge in [-0.25, -0.2) is 4.98 Å². The largest absolute Gasteiger partial charge is 0.294 e. The lowest BCUT2D eigenvalue weighted by Gasteiger charge is -2.08. The van der Waals surface area contributed by atoms with E-state index in [-0.39, 0.29) is 5.56 Å². The van der Waals surface area contributed by atoms with Crippen molar-refractivity contribution in [2.75, 3.05) is 0 Å². The van der Waals surface area contributed by atoms with Gasteiger partial charge in [-0.2, -0.15) is 0 Å². The number of rotatable bonds is 4. The molecule has 0 bridgehead atoms. The van der Waals surface area contributed by atoms with Crippen LogP contribution in [0.5, 0.6) is 0 Å². The zero-order chi connectivity index (χ0) is 19.0. The number of halogens is 2. The standard InChI is InChI=1S/C21H16Cl2N2OS/c1-2-13-3-5-14(6-4-13)17-11-27-20-19(17)21(26)25(12-24-20)10-15-7-8-16(22)9-18(15)23/h3-9,11-12H,2,10H2,1H3. The van der Waals surface area contributed by atoms with Crippen LogP contribution >= 0.6 is 34.5 Å². The van der Waals surface area contributed by atoms with Gasteiger partial charge in [-0.15, -0.1) is 11.3 Å². The molecular weight excluding hydrogens is 399 g/mol. The van der Waals surface area contributed by atoms with E-state index in [9.17, 15) is 4.79 Å². The highest BCUT2D eigenvalue weighted by Crippen LogP contribution is 2.31. The van der Waals surface area contributed by atoms with Gasteiger partial charge in [0.1, 0.15) is 4.83 Å². The van der Waals surface area contributed by atoms with Crippen LogP contribution < -0.4 is 5.56 Å². The van der Waals surface area contributed by atoms with Crippen LogP contribution in [0.25, 0.3) is 21.3 Å². The molecule has 0 unspecified atom stereocenters. The minimum atomic E-state index is -0.0677. The lowest BCUT2D eigenvalue weighted by atomic mass is 10.0. The second-order valence-corrected chi connectivity index (χ2v) is 8.00. The Bertz CT molecular complexity index is 1180. The fourth-order valence-electron chi connectivity index (χ4n) is 3.05. The molecule has 0 amide bonds. The number of thiophene rings is 1. The summed E-state index contributed by atoms with van der Waals surface area (Å²) in [6, 6.07) is 13.6. The molecule has 2 heterocycles. The minimum Gasteiger partial charge on any atom is -0.294 e. The lowest BCUT2D eigenvalue weighted by Crippen LogP contribution is -2.21. The molecule has 2 aromatic carbocycles. The zero-order valence-corrected chi connectivity index (χ0v) is 16.9. The van der Waals surface area contributed by atoms with Gasteiger partial charge in [0.25, 0.3) is 5.56 Å². The van der Waals surface area contributed by atoms with Gasteiger partial charge in [-0.1, -0.05) is 60.5 Å². The predicted octanol–water partition coefficient (Wildman–Crippen LogP) is 6.04. The molecule has 27 heavy (non-hydrogen) atoms. The minimum absolute atomic E-state index is 0.0677. The zero-order valence-electron chi connectivity index (χ0n) is 14.6. The molecule has 0 saturated heterocycles. The fraction of sp³-hybridized carbons (Fsp3) is 0.143. The maximum atomic E-state index is 13.1. The molecule has 0 atom stereocenters. The summed E-state index contributed by atoms with van der Waals surface area (Å²) in [5.41, 5.74) is 3.98. The van der Waals surface area contributed by atoms with Crippen molar-refractivity contribution in [1.29, 1.82) is 0 Å². The van der Waals surface area contributed by atoms with Crippen LogP contribution in [0.2, 0.25) is 10.0 Å². The Balaban J connectivity index is 1.80. The van der Waals surface area contributed by atoms with Crippen LogP contribution in [-0.4, -0.2) is 9.55 Å². The highest BCUT2D eigenvalue weighted by atomic mass is 35.5. The maximum Gasteiger partial charge on any atom is 0.263 e. The number of benzene rings is 2. The topological polar surface area (TPSA) is 34.9 Å².